The maximum atomic E-state index is 10.8. The van der Waals surface area contributed by atoms with Crippen LogP contribution in [-0.4, -0.2) is 24.3 Å². The maximum Gasteiger partial charge on any atom is 0.129 e. The van der Waals surface area contributed by atoms with Gasteiger partial charge in [-0.1, -0.05) is 30.3 Å². The molecule has 0 N–H and O–H groups in total. The molecule has 0 spiro atoms. The molecule has 0 aliphatic rings. The van der Waals surface area contributed by atoms with E-state index in [4.69, 9.17) is 0 Å². The number of ketones is 1. The Balaban J connectivity index is 2.24. The fourth-order valence-corrected chi connectivity index (χ4v) is 1.57. The molecule has 0 aliphatic carbocycles. The summed E-state index contributed by atoms with van der Waals surface area (Å²) in [6.45, 7) is 3.59. The molecule has 1 aromatic carbocycles. The molecule has 0 radical (unpaired) electrons. The van der Waals surface area contributed by atoms with Gasteiger partial charge in [-0.15, -0.1) is 0 Å². The van der Waals surface area contributed by atoms with Gasteiger partial charge in [0.25, 0.3) is 0 Å². The summed E-state index contributed by atoms with van der Waals surface area (Å²) in [5.41, 5.74) is 1.32. The van der Waals surface area contributed by atoms with Crippen LogP contribution in [0.25, 0.3) is 0 Å². The molecule has 1 aromatic rings. The van der Waals surface area contributed by atoms with Crippen molar-refractivity contribution < 1.29 is 4.79 Å². The van der Waals surface area contributed by atoms with Gasteiger partial charge in [0.15, 0.2) is 0 Å². The first-order chi connectivity index (χ1) is 7.18. The third-order valence-electron chi connectivity index (χ3n) is 2.36. The topological polar surface area (TPSA) is 20.3 Å². The summed E-state index contributed by atoms with van der Waals surface area (Å²) in [7, 11) is 2.09. The van der Waals surface area contributed by atoms with Crippen LogP contribution < -0.4 is 0 Å². The molecule has 0 fully saturated rings. The van der Waals surface area contributed by atoms with E-state index < -0.39 is 0 Å². The number of rotatable bonds is 6. The van der Waals surface area contributed by atoms with E-state index in [9.17, 15) is 4.79 Å². The molecule has 2 nitrogen and oxygen atoms in total. The predicted octanol–water partition coefficient (Wildman–Crippen LogP) is 2.49. The third kappa shape index (κ3) is 5.33. The standard InChI is InChI=1S/C13H19NO/c1-12(15)7-6-10-14(2)11-13-8-4-3-5-9-13/h3-5,8-9H,6-7,10-11H2,1-2H3. The molecular weight excluding hydrogens is 186 g/mol. The van der Waals surface area contributed by atoms with Crippen molar-refractivity contribution in [3.63, 3.8) is 0 Å². The van der Waals surface area contributed by atoms with Crippen LogP contribution in [0.1, 0.15) is 25.3 Å². The summed E-state index contributed by atoms with van der Waals surface area (Å²) < 4.78 is 0. The van der Waals surface area contributed by atoms with Gasteiger partial charge in [0.05, 0.1) is 0 Å². The van der Waals surface area contributed by atoms with Crippen LogP contribution in [0.15, 0.2) is 30.3 Å². The molecule has 2 heteroatoms. The average Bonchev–Trinajstić information content (AvgIpc) is 2.18. The lowest BCUT2D eigenvalue weighted by atomic mass is 10.2. The van der Waals surface area contributed by atoms with E-state index in [1.54, 1.807) is 6.92 Å². The minimum absolute atomic E-state index is 0.281. The van der Waals surface area contributed by atoms with Gasteiger partial charge in [0, 0.05) is 13.0 Å². The average molecular weight is 205 g/mol. The molecule has 0 unspecified atom stereocenters. The van der Waals surface area contributed by atoms with Gasteiger partial charge in [-0.05, 0) is 32.5 Å². The monoisotopic (exact) mass is 205 g/mol. The Labute approximate surface area is 91.9 Å². The van der Waals surface area contributed by atoms with Crippen LogP contribution in [-0.2, 0) is 11.3 Å². The van der Waals surface area contributed by atoms with Crippen molar-refractivity contribution in [1.82, 2.24) is 4.90 Å². The van der Waals surface area contributed by atoms with Crippen molar-refractivity contribution >= 4 is 5.78 Å². The lowest BCUT2D eigenvalue weighted by Crippen LogP contribution is -2.19. The number of benzene rings is 1. The first kappa shape index (κ1) is 11.9. The van der Waals surface area contributed by atoms with Crippen molar-refractivity contribution in [3.8, 4) is 0 Å². The van der Waals surface area contributed by atoms with E-state index in [-0.39, 0.29) is 5.78 Å². The number of nitrogens with zero attached hydrogens (tertiary/aromatic N) is 1. The largest absolute Gasteiger partial charge is 0.302 e. The Morgan fingerprint density at radius 3 is 2.53 bits per heavy atom. The second-order valence-corrected chi connectivity index (χ2v) is 4.03. The molecule has 1 rings (SSSR count). The zero-order valence-corrected chi connectivity index (χ0v) is 9.57. The van der Waals surface area contributed by atoms with Crippen LogP contribution in [0, 0.1) is 0 Å². The maximum absolute atomic E-state index is 10.8. The van der Waals surface area contributed by atoms with E-state index in [1.807, 2.05) is 6.07 Å². The summed E-state index contributed by atoms with van der Waals surface area (Å²) in [6.07, 6.45) is 1.65. The molecule has 0 bridgehead atoms. The number of hydrogen-bond acceptors (Lipinski definition) is 2. The number of carbonyl (C=O) groups is 1. The minimum atomic E-state index is 0.281. The SMILES string of the molecule is CC(=O)CCCN(C)Cc1ccccc1. The minimum Gasteiger partial charge on any atom is -0.302 e. The number of Topliss-reactive ketones (excluding diaryl/α,β-unsaturated/α-hetero) is 1. The molecule has 15 heavy (non-hydrogen) atoms. The summed E-state index contributed by atoms with van der Waals surface area (Å²) in [5.74, 6) is 0.281. The molecule has 0 saturated heterocycles. The lowest BCUT2D eigenvalue weighted by molar-refractivity contribution is -0.117. The molecule has 0 aromatic heterocycles. The van der Waals surface area contributed by atoms with Gasteiger partial charge in [-0.25, -0.2) is 0 Å². The Bertz CT molecular complexity index is 295. The third-order valence-corrected chi connectivity index (χ3v) is 2.36. The highest BCUT2D eigenvalue weighted by molar-refractivity contribution is 5.75. The Kier molecular flexibility index (Phi) is 5.05. The highest BCUT2D eigenvalue weighted by Crippen LogP contribution is 2.03. The molecule has 0 heterocycles. The normalized spacial score (nSPS) is 10.6. The second-order valence-electron chi connectivity index (χ2n) is 4.03. The Hall–Kier alpha value is -1.15. The second kappa shape index (κ2) is 6.36. The van der Waals surface area contributed by atoms with Crippen molar-refractivity contribution in [2.45, 2.75) is 26.3 Å². The Morgan fingerprint density at radius 1 is 1.27 bits per heavy atom. The smallest absolute Gasteiger partial charge is 0.129 e. The van der Waals surface area contributed by atoms with Crippen molar-refractivity contribution in [2.75, 3.05) is 13.6 Å². The van der Waals surface area contributed by atoms with Gasteiger partial charge < -0.3 is 9.69 Å². The van der Waals surface area contributed by atoms with Gasteiger partial charge >= 0.3 is 0 Å². The first-order valence-electron chi connectivity index (χ1n) is 5.40. The van der Waals surface area contributed by atoms with E-state index >= 15 is 0 Å². The zero-order chi connectivity index (χ0) is 11.1. The molecule has 82 valence electrons. The van der Waals surface area contributed by atoms with E-state index in [0.717, 1.165) is 19.5 Å². The van der Waals surface area contributed by atoms with Crippen LogP contribution in [0.3, 0.4) is 0 Å². The molecule has 0 aliphatic heterocycles. The van der Waals surface area contributed by atoms with Gasteiger partial charge in [0.2, 0.25) is 0 Å². The molecule has 0 saturated carbocycles. The number of hydrogen-bond donors (Lipinski definition) is 0. The van der Waals surface area contributed by atoms with Crippen LogP contribution >= 0.6 is 0 Å². The predicted molar refractivity (Wildman–Crippen MR) is 62.7 cm³/mol. The fourth-order valence-electron chi connectivity index (χ4n) is 1.57. The van der Waals surface area contributed by atoms with Crippen LogP contribution in [0.4, 0.5) is 0 Å². The van der Waals surface area contributed by atoms with Crippen molar-refractivity contribution in [3.05, 3.63) is 35.9 Å². The highest BCUT2D eigenvalue weighted by atomic mass is 16.1. The van der Waals surface area contributed by atoms with Gasteiger partial charge in [-0.3, -0.25) is 0 Å². The van der Waals surface area contributed by atoms with Gasteiger partial charge in [-0.2, -0.15) is 0 Å². The van der Waals surface area contributed by atoms with Gasteiger partial charge in [0.1, 0.15) is 5.78 Å². The van der Waals surface area contributed by atoms with E-state index in [2.05, 4.69) is 36.2 Å². The zero-order valence-electron chi connectivity index (χ0n) is 9.57. The van der Waals surface area contributed by atoms with E-state index in [1.165, 1.54) is 5.56 Å². The summed E-state index contributed by atoms with van der Waals surface area (Å²) >= 11 is 0. The highest BCUT2D eigenvalue weighted by Gasteiger charge is 2.00. The Morgan fingerprint density at radius 2 is 1.93 bits per heavy atom. The van der Waals surface area contributed by atoms with Crippen molar-refractivity contribution in [2.24, 2.45) is 0 Å². The molecule has 0 amide bonds. The van der Waals surface area contributed by atoms with Crippen LogP contribution in [0.5, 0.6) is 0 Å². The summed E-state index contributed by atoms with van der Waals surface area (Å²) in [5, 5.41) is 0. The van der Waals surface area contributed by atoms with Crippen LogP contribution in [0.2, 0.25) is 0 Å². The number of carbonyl (C=O) groups excluding carboxylic acids is 1. The van der Waals surface area contributed by atoms with E-state index in [0.29, 0.717) is 6.42 Å². The fraction of sp³-hybridized carbons (Fsp3) is 0.462. The quantitative estimate of drug-likeness (QED) is 0.711. The molecule has 0 atom stereocenters. The lowest BCUT2D eigenvalue weighted by Gasteiger charge is -2.15. The summed E-state index contributed by atoms with van der Waals surface area (Å²) in [6, 6.07) is 10.4. The van der Waals surface area contributed by atoms with Crippen molar-refractivity contribution in [1.29, 1.82) is 0 Å². The summed E-state index contributed by atoms with van der Waals surface area (Å²) in [4.78, 5) is 13.0. The first-order valence-corrected chi connectivity index (χ1v) is 5.40. The molecular formula is C13H19NO.